The first-order chi connectivity index (χ1) is 14.5. The van der Waals surface area contributed by atoms with E-state index < -0.39 is 5.97 Å². The van der Waals surface area contributed by atoms with Gasteiger partial charge in [0, 0.05) is 5.69 Å². The number of benzene rings is 2. The molecule has 7 nitrogen and oxygen atoms in total. The van der Waals surface area contributed by atoms with Crippen LogP contribution in [0, 0.1) is 0 Å². The molecular formula is C22H24N2O5S. The zero-order chi connectivity index (χ0) is 21.5. The molecule has 158 valence electrons. The number of carbonyl (C=O) groups excluding carboxylic acids is 2. The average molecular weight is 429 g/mol. The molecule has 1 aliphatic rings. The molecule has 30 heavy (non-hydrogen) atoms. The maximum Gasteiger partial charge on any atom is 0.343 e. The molecule has 0 radical (unpaired) electrons. The molecule has 0 saturated carbocycles. The first-order valence-electron chi connectivity index (χ1n) is 9.44. The number of esters is 1. The second kappa shape index (κ2) is 10.1. The second-order valence-electron chi connectivity index (χ2n) is 6.45. The summed E-state index contributed by atoms with van der Waals surface area (Å²) < 4.78 is 15.3. The molecule has 1 amide bonds. The van der Waals surface area contributed by atoms with E-state index in [2.05, 4.69) is 34.4 Å². The summed E-state index contributed by atoms with van der Waals surface area (Å²) in [5, 5.41) is 6.22. The van der Waals surface area contributed by atoms with Gasteiger partial charge in [-0.15, -0.1) is 0 Å². The van der Waals surface area contributed by atoms with Crippen LogP contribution in [0.25, 0.3) is 6.08 Å². The van der Waals surface area contributed by atoms with Crippen molar-refractivity contribution in [1.29, 1.82) is 0 Å². The lowest BCUT2D eigenvalue weighted by Gasteiger charge is -2.13. The standard InChI is InChI=1S/C22H24N2O5S/c1-4-14-5-8-16(9-6-14)23-22-24-21(26)19(30-22)12-15-7-10-17(18(11-15)27-2)29-13-20(25)28-3/h5-12,22-23H,4,13H2,1-3H3,(H,24,26)/b19-12-/t22-/m0/s1. The Bertz CT molecular complexity index is 943. The molecule has 1 fully saturated rings. The van der Waals surface area contributed by atoms with E-state index in [0.717, 1.165) is 17.7 Å². The first kappa shape index (κ1) is 21.6. The van der Waals surface area contributed by atoms with Gasteiger partial charge in [0.25, 0.3) is 5.91 Å². The lowest BCUT2D eigenvalue weighted by Crippen LogP contribution is -2.30. The molecule has 2 aromatic rings. The number of methoxy groups -OCH3 is 2. The summed E-state index contributed by atoms with van der Waals surface area (Å²) in [7, 11) is 2.81. The van der Waals surface area contributed by atoms with Crippen molar-refractivity contribution in [1.82, 2.24) is 5.32 Å². The van der Waals surface area contributed by atoms with Crippen molar-refractivity contribution in [2.24, 2.45) is 0 Å². The van der Waals surface area contributed by atoms with Crippen LogP contribution in [-0.2, 0) is 20.7 Å². The molecule has 1 saturated heterocycles. The molecule has 2 N–H and O–H groups in total. The predicted octanol–water partition coefficient (Wildman–Crippen LogP) is 3.41. The van der Waals surface area contributed by atoms with Crippen LogP contribution in [0.15, 0.2) is 47.4 Å². The van der Waals surface area contributed by atoms with Crippen LogP contribution in [0.4, 0.5) is 5.69 Å². The molecule has 0 bridgehead atoms. The van der Waals surface area contributed by atoms with Gasteiger partial charge in [0.2, 0.25) is 0 Å². The predicted molar refractivity (Wildman–Crippen MR) is 117 cm³/mol. The Hall–Kier alpha value is -3.13. The van der Waals surface area contributed by atoms with Gasteiger partial charge in [-0.3, -0.25) is 4.79 Å². The smallest absolute Gasteiger partial charge is 0.343 e. The maximum atomic E-state index is 12.4. The minimum Gasteiger partial charge on any atom is -0.493 e. The topological polar surface area (TPSA) is 85.9 Å². The van der Waals surface area contributed by atoms with Gasteiger partial charge in [0.05, 0.1) is 19.1 Å². The molecular weight excluding hydrogens is 404 g/mol. The lowest BCUT2D eigenvalue weighted by atomic mass is 10.1. The summed E-state index contributed by atoms with van der Waals surface area (Å²) in [6, 6.07) is 13.4. The lowest BCUT2D eigenvalue weighted by molar-refractivity contribution is -0.142. The molecule has 1 aliphatic heterocycles. The summed E-state index contributed by atoms with van der Waals surface area (Å²) in [4.78, 5) is 24.2. The van der Waals surface area contributed by atoms with Crippen molar-refractivity contribution in [2.45, 2.75) is 18.8 Å². The van der Waals surface area contributed by atoms with Gasteiger partial charge in [-0.25, -0.2) is 4.79 Å². The van der Waals surface area contributed by atoms with E-state index >= 15 is 0 Å². The fourth-order valence-corrected chi connectivity index (χ4v) is 3.78. The quantitative estimate of drug-likeness (QED) is 0.492. The van der Waals surface area contributed by atoms with Gasteiger partial charge in [-0.1, -0.05) is 36.9 Å². The van der Waals surface area contributed by atoms with Crippen LogP contribution in [0.1, 0.15) is 18.1 Å². The molecule has 0 aromatic heterocycles. The Morgan fingerprint density at radius 2 is 1.93 bits per heavy atom. The highest BCUT2D eigenvalue weighted by Gasteiger charge is 2.27. The van der Waals surface area contributed by atoms with Crippen molar-refractivity contribution in [3.63, 3.8) is 0 Å². The molecule has 2 aromatic carbocycles. The van der Waals surface area contributed by atoms with Crippen LogP contribution in [-0.4, -0.2) is 38.2 Å². The van der Waals surface area contributed by atoms with Crippen LogP contribution < -0.4 is 20.1 Å². The highest BCUT2D eigenvalue weighted by atomic mass is 32.2. The number of nitrogens with one attached hydrogen (secondary N) is 2. The molecule has 1 atom stereocenters. The zero-order valence-corrected chi connectivity index (χ0v) is 17.9. The molecule has 1 heterocycles. The Balaban J connectivity index is 1.68. The van der Waals surface area contributed by atoms with E-state index in [9.17, 15) is 9.59 Å². The number of rotatable bonds is 8. The summed E-state index contributed by atoms with van der Waals surface area (Å²) in [6.45, 7) is 1.90. The summed E-state index contributed by atoms with van der Waals surface area (Å²) in [5.74, 6) is 0.254. The van der Waals surface area contributed by atoms with Gasteiger partial charge in [0.15, 0.2) is 23.6 Å². The number of thioether (sulfide) groups is 1. The Morgan fingerprint density at radius 1 is 1.17 bits per heavy atom. The summed E-state index contributed by atoms with van der Waals surface area (Å²) in [6.07, 6.45) is 2.77. The second-order valence-corrected chi connectivity index (χ2v) is 7.60. The van der Waals surface area contributed by atoms with Crippen molar-refractivity contribution in [3.8, 4) is 11.5 Å². The number of carbonyl (C=O) groups is 2. The van der Waals surface area contributed by atoms with Gasteiger partial charge < -0.3 is 24.8 Å². The highest BCUT2D eigenvalue weighted by Crippen LogP contribution is 2.33. The third kappa shape index (κ3) is 5.48. The minimum atomic E-state index is -0.481. The van der Waals surface area contributed by atoms with Crippen molar-refractivity contribution < 1.29 is 23.8 Å². The number of aryl methyl sites for hydroxylation is 1. The normalized spacial score (nSPS) is 16.8. The molecule has 0 spiro atoms. The molecule has 8 heteroatoms. The van der Waals surface area contributed by atoms with Crippen molar-refractivity contribution >= 4 is 35.4 Å². The number of amides is 1. The fourth-order valence-electron chi connectivity index (χ4n) is 2.79. The Labute approximate surface area is 179 Å². The average Bonchev–Trinajstić information content (AvgIpc) is 3.11. The van der Waals surface area contributed by atoms with Gasteiger partial charge in [-0.2, -0.15) is 0 Å². The molecule has 0 unspecified atom stereocenters. The van der Waals surface area contributed by atoms with Gasteiger partial charge >= 0.3 is 5.97 Å². The summed E-state index contributed by atoms with van der Waals surface area (Å²) >= 11 is 1.41. The van der Waals surface area contributed by atoms with Crippen LogP contribution >= 0.6 is 11.8 Å². The number of anilines is 1. The van der Waals surface area contributed by atoms with Crippen LogP contribution in [0.2, 0.25) is 0 Å². The molecule has 3 rings (SSSR count). The largest absolute Gasteiger partial charge is 0.493 e. The van der Waals surface area contributed by atoms with E-state index in [4.69, 9.17) is 9.47 Å². The monoisotopic (exact) mass is 428 g/mol. The maximum absolute atomic E-state index is 12.4. The van der Waals surface area contributed by atoms with Crippen LogP contribution in [0.3, 0.4) is 0 Å². The van der Waals surface area contributed by atoms with Gasteiger partial charge in [0.1, 0.15) is 0 Å². The van der Waals surface area contributed by atoms with E-state index in [1.807, 2.05) is 12.1 Å². The Morgan fingerprint density at radius 3 is 2.60 bits per heavy atom. The SMILES string of the molecule is CCc1ccc(N[C@H]2NC(=O)/C(=C/c3ccc(OCC(=O)OC)c(OC)c3)S2)cc1. The molecule has 0 aliphatic carbocycles. The zero-order valence-electron chi connectivity index (χ0n) is 17.1. The number of hydrogen-bond acceptors (Lipinski definition) is 7. The van der Waals surface area contributed by atoms with E-state index in [0.29, 0.717) is 16.4 Å². The van der Waals surface area contributed by atoms with Crippen molar-refractivity contribution in [3.05, 3.63) is 58.5 Å². The van der Waals surface area contributed by atoms with Crippen LogP contribution in [0.5, 0.6) is 11.5 Å². The first-order valence-corrected chi connectivity index (χ1v) is 10.3. The van der Waals surface area contributed by atoms with Gasteiger partial charge in [-0.05, 0) is 47.9 Å². The number of hydrogen-bond donors (Lipinski definition) is 2. The third-order valence-electron chi connectivity index (χ3n) is 4.45. The van der Waals surface area contributed by atoms with E-state index in [-0.39, 0.29) is 18.0 Å². The third-order valence-corrected chi connectivity index (χ3v) is 5.48. The van der Waals surface area contributed by atoms with Crippen molar-refractivity contribution in [2.75, 3.05) is 26.1 Å². The minimum absolute atomic E-state index is 0.146. The highest BCUT2D eigenvalue weighted by molar-refractivity contribution is 8.05. The van der Waals surface area contributed by atoms with E-state index in [1.165, 1.54) is 31.5 Å². The fraction of sp³-hybridized carbons (Fsp3) is 0.273. The number of ether oxygens (including phenoxy) is 3. The van der Waals surface area contributed by atoms with E-state index in [1.54, 1.807) is 24.3 Å². The Kier molecular flexibility index (Phi) is 7.24. The summed E-state index contributed by atoms with van der Waals surface area (Å²) in [5.41, 5.74) is 2.74.